The fourth-order valence-corrected chi connectivity index (χ4v) is 2.18. The molecule has 2 aromatic carbocycles. The summed E-state index contributed by atoms with van der Waals surface area (Å²) in [5, 5.41) is 3.88. The highest BCUT2D eigenvalue weighted by Gasteiger charge is 2.00. The number of carbonyl (C=O) groups is 1. The van der Waals surface area contributed by atoms with Crippen LogP contribution in [0.4, 0.5) is 11.4 Å². The highest BCUT2D eigenvalue weighted by molar-refractivity contribution is 5.99. The van der Waals surface area contributed by atoms with Crippen LogP contribution in [-0.4, -0.2) is 17.1 Å². The van der Waals surface area contributed by atoms with E-state index < -0.39 is 0 Å². The number of nitrogens with zero attached hydrogens (tertiary/aromatic N) is 1. The molecule has 0 fully saturated rings. The molecule has 1 aromatic heterocycles. The number of aliphatic imine (C=N–C) groups is 1. The van der Waals surface area contributed by atoms with Gasteiger partial charge in [-0.3, -0.25) is 9.79 Å². The zero-order chi connectivity index (χ0) is 14.7. The van der Waals surface area contributed by atoms with Gasteiger partial charge in [-0.15, -0.1) is 0 Å². The van der Waals surface area contributed by atoms with Crippen molar-refractivity contribution in [2.24, 2.45) is 4.99 Å². The number of H-pyrrole nitrogens is 1. The molecule has 0 unspecified atom stereocenters. The van der Waals surface area contributed by atoms with Crippen LogP contribution in [0, 0.1) is 0 Å². The van der Waals surface area contributed by atoms with E-state index in [1.54, 1.807) is 0 Å². The normalized spacial score (nSPS) is 11.1. The molecule has 0 saturated carbocycles. The monoisotopic (exact) mass is 277 g/mol. The van der Waals surface area contributed by atoms with Gasteiger partial charge in [0.05, 0.1) is 5.69 Å². The Morgan fingerprint density at radius 2 is 1.90 bits per heavy atom. The van der Waals surface area contributed by atoms with Crippen molar-refractivity contribution in [1.29, 1.82) is 0 Å². The molecule has 1 heterocycles. The number of para-hydroxylation sites is 1. The maximum Gasteiger partial charge on any atom is 0.221 e. The summed E-state index contributed by atoms with van der Waals surface area (Å²) in [6, 6.07) is 15.5. The largest absolute Gasteiger partial charge is 0.361 e. The van der Waals surface area contributed by atoms with E-state index in [1.807, 2.05) is 54.9 Å². The lowest BCUT2D eigenvalue weighted by Gasteiger charge is -2.01. The van der Waals surface area contributed by atoms with Crippen molar-refractivity contribution in [3.8, 4) is 0 Å². The van der Waals surface area contributed by atoms with Crippen LogP contribution in [0.15, 0.2) is 59.7 Å². The van der Waals surface area contributed by atoms with Crippen molar-refractivity contribution in [1.82, 2.24) is 4.98 Å². The SMILES string of the molecule is CC(=O)Nc1ccc(N=Cc2c[nH]c3ccccc23)cc1. The summed E-state index contributed by atoms with van der Waals surface area (Å²) < 4.78 is 0. The Bertz CT molecular complexity index is 800. The van der Waals surface area contributed by atoms with Crippen LogP contribution < -0.4 is 5.32 Å². The molecule has 4 nitrogen and oxygen atoms in total. The highest BCUT2D eigenvalue weighted by atomic mass is 16.1. The van der Waals surface area contributed by atoms with Gasteiger partial charge in [-0.1, -0.05) is 18.2 Å². The van der Waals surface area contributed by atoms with Crippen LogP contribution in [-0.2, 0) is 4.79 Å². The van der Waals surface area contributed by atoms with Crippen molar-refractivity contribution < 1.29 is 4.79 Å². The van der Waals surface area contributed by atoms with Crippen LogP contribution in [0.5, 0.6) is 0 Å². The summed E-state index contributed by atoms with van der Waals surface area (Å²) in [6.07, 6.45) is 3.78. The summed E-state index contributed by atoms with van der Waals surface area (Å²) in [7, 11) is 0. The molecule has 0 spiro atoms. The molecule has 0 bridgehead atoms. The van der Waals surface area contributed by atoms with E-state index in [9.17, 15) is 4.79 Å². The Balaban J connectivity index is 1.81. The molecule has 0 aliphatic heterocycles. The first-order chi connectivity index (χ1) is 10.2. The minimum absolute atomic E-state index is 0.0787. The molecule has 3 aromatic rings. The van der Waals surface area contributed by atoms with Gasteiger partial charge in [0.15, 0.2) is 0 Å². The molecule has 0 aliphatic rings. The molecule has 104 valence electrons. The Labute approximate surface area is 122 Å². The van der Waals surface area contributed by atoms with Crippen molar-refractivity contribution in [3.05, 3.63) is 60.3 Å². The predicted molar refractivity (Wildman–Crippen MR) is 86.3 cm³/mol. The number of hydrogen-bond donors (Lipinski definition) is 2. The van der Waals surface area contributed by atoms with Gasteiger partial charge in [0.2, 0.25) is 5.91 Å². The minimum atomic E-state index is -0.0787. The Morgan fingerprint density at radius 1 is 1.14 bits per heavy atom. The van der Waals surface area contributed by atoms with Crippen molar-refractivity contribution in [3.63, 3.8) is 0 Å². The Kier molecular flexibility index (Phi) is 3.51. The van der Waals surface area contributed by atoms with Crippen LogP contribution in [0.25, 0.3) is 10.9 Å². The van der Waals surface area contributed by atoms with E-state index in [4.69, 9.17) is 0 Å². The predicted octanol–water partition coefficient (Wildman–Crippen LogP) is 3.88. The van der Waals surface area contributed by atoms with Gasteiger partial charge in [-0.25, -0.2) is 0 Å². The van der Waals surface area contributed by atoms with Gasteiger partial charge in [0, 0.05) is 41.5 Å². The highest BCUT2D eigenvalue weighted by Crippen LogP contribution is 2.19. The summed E-state index contributed by atoms with van der Waals surface area (Å²) in [5.41, 5.74) is 3.76. The molecule has 3 rings (SSSR count). The van der Waals surface area contributed by atoms with Crippen molar-refractivity contribution >= 4 is 34.4 Å². The molecule has 1 amide bonds. The van der Waals surface area contributed by atoms with Crippen LogP contribution in [0.3, 0.4) is 0 Å². The standard InChI is InChI=1S/C17H15N3O/c1-12(21)20-15-8-6-14(7-9-15)18-10-13-11-19-17-5-3-2-4-16(13)17/h2-11,19H,1H3,(H,20,21). The molecule has 0 saturated heterocycles. The van der Waals surface area contributed by atoms with Gasteiger partial charge < -0.3 is 10.3 Å². The second kappa shape index (κ2) is 5.63. The van der Waals surface area contributed by atoms with Gasteiger partial charge in [-0.2, -0.15) is 0 Å². The second-order valence-corrected chi connectivity index (χ2v) is 4.78. The van der Waals surface area contributed by atoms with E-state index >= 15 is 0 Å². The smallest absolute Gasteiger partial charge is 0.221 e. The van der Waals surface area contributed by atoms with Crippen LogP contribution >= 0.6 is 0 Å². The Hall–Kier alpha value is -2.88. The zero-order valence-electron chi connectivity index (χ0n) is 11.6. The lowest BCUT2D eigenvalue weighted by Crippen LogP contribution is -2.04. The summed E-state index contributed by atoms with van der Waals surface area (Å²) in [5.74, 6) is -0.0787. The van der Waals surface area contributed by atoms with E-state index in [1.165, 1.54) is 6.92 Å². The third kappa shape index (κ3) is 3.00. The second-order valence-electron chi connectivity index (χ2n) is 4.78. The zero-order valence-corrected chi connectivity index (χ0v) is 11.6. The minimum Gasteiger partial charge on any atom is -0.361 e. The number of nitrogens with one attached hydrogen (secondary N) is 2. The lowest BCUT2D eigenvalue weighted by molar-refractivity contribution is -0.114. The average Bonchev–Trinajstić information content (AvgIpc) is 2.89. The maximum atomic E-state index is 11.0. The molecule has 0 radical (unpaired) electrons. The molecule has 0 aliphatic carbocycles. The maximum absolute atomic E-state index is 11.0. The number of fused-ring (bicyclic) bond motifs is 1. The van der Waals surface area contributed by atoms with Gasteiger partial charge in [-0.05, 0) is 30.3 Å². The first-order valence-electron chi connectivity index (χ1n) is 6.70. The summed E-state index contributed by atoms with van der Waals surface area (Å²) in [6.45, 7) is 1.49. The molecule has 4 heteroatoms. The fraction of sp³-hybridized carbons (Fsp3) is 0.0588. The third-order valence-corrected chi connectivity index (χ3v) is 3.16. The number of anilines is 1. The van der Waals surface area contributed by atoms with E-state index in [2.05, 4.69) is 21.4 Å². The molecule has 21 heavy (non-hydrogen) atoms. The van der Waals surface area contributed by atoms with Crippen molar-refractivity contribution in [2.75, 3.05) is 5.32 Å². The van der Waals surface area contributed by atoms with Crippen molar-refractivity contribution in [2.45, 2.75) is 6.92 Å². The number of carbonyl (C=O) groups excluding carboxylic acids is 1. The van der Waals surface area contributed by atoms with E-state index in [0.29, 0.717) is 0 Å². The topological polar surface area (TPSA) is 57.2 Å². The van der Waals surface area contributed by atoms with Crippen LogP contribution in [0.2, 0.25) is 0 Å². The average molecular weight is 277 g/mol. The Morgan fingerprint density at radius 3 is 2.67 bits per heavy atom. The van der Waals surface area contributed by atoms with Gasteiger partial charge in [0.25, 0.3) is 0 Å². The summed E-state index contributed by atoms with van der Waals surface area (Å²) >= 11 is 0. The lowest BCUT2D eigenvalue weighted by atomic mass is 10.2. The number of benzene rings is 2. The number of rotatable bonds is 3. The molecular weight excluding hydrogens is 262 g/mol. The number of aromatic amines is 1. The van der Waals surface area contributed by atoms with E-state index in [-0.39, 0.29) is 5.91 Å². The molecule has 0 atom stereocenters. The number of hydrogen-bond acceptors (Lipinski definition) is 2. The molecular formula is C17H15N3O. The van der Waals surface area contributed by atoms with Gasteiger partial charge >= 0.3 is 0 Å². The number of amides is 1. The summed E-state index contributed by atoms with van der Waals surface area (Å²) in [4.78, 5) is 18.6. The first-order valence-corrected chi connectivity index (χ1v) is 6.70. The quantitative estimate of drug-likeness (QED) is 0.701. The molecule has 2 N–H and O–H groups in total. The number of aromatic nitrogens is 1. The fourth-order valence-electron chi connectivity index (χ4n) is 2.18. The third-order valence-electron chi connectivity index (χ3n) is 3.16. The van der Waals surface area contributed by atoms with Gasteiger partial charge in [0.1, 0.15) is 0 Å². The van der Waals surface area contributed by atoms with E-state index in [0.717, 1.165) is 27.8 Å². The first kappa shape index (κ1) is 13.1. The van der Waals surface area contributed by atoms with Crippen LogP contribution in [0.1, 0.15) is 12.5 Å².